The van der Waals surface area contributed by atoms with Crippen molar-refractivity contribution in [2.45, 2.75) is 277 Å². The minimum atomic E-state index is -0.810. The Balaban J connectivity index is 3.58. The number of aliphatic hydroxyl groups is 1. The van der Waals surface area contributed by atoms with Crippen LogP contribution in [-0.4, -0.2) is 36.4 Å². The molecule has 0 unspecified atom stereocenters. The molecule has 350 valence electrons. The summed E-state index contributed by atoms with van der Waals surface area (Å²) in [4.78, 5) is 24.4. The molecule has 0 fully saturated rings. The molecule has 1 N–H and O–H groups in total. The second-order valence-electron chi connectivity index (χ2n) is 17.6. The highest BCUT2D eigenvalue weighted by atomic mass is 16.6. The van der Waals surface area contributed by atoms with Crippen molar-refractivity contribution >= 4 is 11.9 Å². The summed E-state index contributed by atoms with van der Waals surface area (Å²) in [6, 6.07) is 0. The van der Waals surface area contributed by atoms with Gasteiger partial charge in [0.05, 0.1) is 6.61 Å². The smallest absolute Gasteiger partial charge is 0.306 e. The van der Waals surface area contributed by atoms with Gasteiger partial charge < -0.3 is 14.6 Å². The zero-order valence-corrected chi connectivity index (χ0v) is 40.0. The van der Waals surface area contributed by atoms with Crippen molar-refractivity contribution in [3.63, 3.8) is 0 Å². The van der Waals surface area contributed by atoms with Crippen LogP contribution in [0.25, 0.3) is 0 Å². The Hall–Kier alpha value is -2.14. The lowest BCUT2D eigenvalue weighted by Gasteiger charge is -2.15. The Bertz CT molecular complexity index is 997. The van der Waals surface area contributed by atoms with Gasteiger partial charge >= 0.3 is 11.9 Å². The van der Waals surface area contributed by atoms with Gasteiger partial charge in [-0.1, -0.05) is 229 Å². The summed E-state index contributed by atoms with van der Waals surface area (Å²) in [5, 5.41) is 9.61. The zero-order chi connectivity index (χ0) is 43.5. The van der Waals surface area contributed by atoms with E-state index >= 15 is 0 Å². The average molecular weight is 841 g/mol. The van der Waals surface area contributed by atoms with Crippen LogP contribution < -0.4 is 0 Å². The summed E-state index contributed by atoms with van der Waals surface area (Å²) in [5.41, 5.74) is 0. The fraction of sp³-hybridized carbons (Fsp3) is 0.818. The lowest BCUT2D eigenvalue weighted by molar-refractivity contribution is -0.161. The van der Waals surface area contributed by atoms with Gasteiger partial charge in [-0.2, -0.15) is 0 Å². The fourth-order valence-corrected chi connectivity index (χ4v) is 7.60. The van der Waals surface area contributed by atoms with Crippen molar-refractivity contribution in [2.24, 2.45) is 0 Å². The maximum Gasteiger partial charge on any atom is 0.306 e. The number of ether oxygens (including phenoxy) is 2. The van der Waals surface area contributed by atoms with E-state index in [1.54, 1.807) is 0 Å². The molecule has 0 saturated heterocycles. The molecule has 60 heavy (non-hydrogen) atoms. The van der Waals surface area contributed by atoms with Crippen molar-refractivity contribution in [1.29, 1.82) is 0 Å². The highest BCUT2D eigenvalue weighted by Gasteiger charge is 2.16. The summed E-state index contributed by atoms with van der Waals surface area (Å²) in [6.07, 6.45) is 66.6. The van der Waals surface area contributed by atoms with Gasteiger partial charge in [0.1, 0.15) is 6.61 Å². The van der Waals surface area contributed by atoms with E-state index in [0.29, 0.717) is 12.8 Å². The van der Waals surface area contributed by atoms with Crippen molar-refractivity contribution in [3.05, 3.63) is 48.6 Å². The van der Waals surface area contributed by atoms with Crippen LogP contribution in [0.3, 0.4) is 0 Å². The standard InChI is InChI=1S/C55H100O5/c1-3-5-7-9-11-13-15-17-19-21-23-25-27-29-31-33-35-37-39-41-43-45-47-49-54(57)59-52-53(51-56)60-55(58)50-48-46-44-42-40-38-36-34-32-30-28-26-24-22-20-18-16-14-12-10-8-6-4-2/h33-36,41-44,53,56H,3-32,37-40,45-52H2,1-2H3/b35-33+,36-34+,43-41+,44-42+/t53-/m0/s1. The number of allylic oxidation sites excluding steroid dienone is 8. The largest absolute Gasteiger partial charge is 0.462 e. The molecule has 5 heteroatoms. The van der Waals surface area contributed by atoms with Gasteiger partial charge in [0.15, 0.2) is 6.10 Å². The van der Waals surface area contributed by atoms with Crippen LogP contribution in [0.5, 0.6) is 0 Å². The molecule has 0 radical (unpaired) electrons. The molecule has 0 saturated carbocycles. The molecule has 0 rings (SSSR count). The highest BCUT2D eigenvalue weighted by Crippen LogP contribution is 2.15. The maximum atomic E-state index is 12.2. The number of hydrogen-bond acceptors (Lipinski definition) is 5. The van der Waals surface area contributed by atoms with E-state index in [0.717, 1.165) is 44.9 Å². The van der Waals surface area contributed by atoms with Crippen LogP contribution in [-0.2, 0) is 19.1 Å². The Morgan fingerprint density at radius 2 is 0.633 bits per heavy atom. The fourth-order valence-electron chi connectivity index (χ4n) is 7.60. The zero-order valence-electron chi connectivity index (χ0n) is 40.0. The van der Waals surface area contributed by atoms with Gasteiger partial charge in [0, 0.05) is 12.8 Å². The van der Waals surface area contributed by atoms with Crippen LogP contribution in [0.15, 0.2) is 48.6 Å². The first kappa shape index (κ1) is 57.9. The van der Waals surface area contributed by atoms with Crippen LogP contribution >= 0.6 is 0 Å². The maximum absolute atomic E-state index is 12.2. The average Bonchev–Trinajstić information content (AvgIpc) is 3.25. The molecule has 1 atom stereocenters. The third kappa shape index (κ3) is 48.5. The number of hydrogen-bond donors (Lipinski definition) is 1. The molecule has 0 aliphatic rings. The van der Waals surface area contributed by atoms with Crippen LogP contribution in [0, 0.1) is 0 Å². The summed E-state index contributed by atoms with van der Waals surface area (Å²) < 4.78 is 10.6. The molecule has 0 aliphatic carbocycles. The number of esters is 2. The number of aliphatic hydroxyl groups excluding tert-OH is 1. The minimum Gasteiger partial charge on any atom is -0.462 e. The van der Waals surface area contributed by atoms with E-state index in [1.807, 2.05) is 0 Å². The van der Waals surface area contributed by atoms with E-state index in [9.17, 15) is 14.7 Å². The van der Waals surface area contributed by atoms with Crippen LogP contribution in [0.1, 0.15) is 271 Å². The van der Waals surface area contributed by atoms with Gasteiger partial charge in [0.25, 0.3) is 0 Å². The second-order valence-corrected chi connectivity index (χ2v) is 17.6. The van der Waals surface area contributed by atoms with Gasteiger partial charge in [-0.15, -0.1) is 0 Å². The molecule has 5 nitrogen and oxygen atoms in total. The van der Waals surface area contributed by atoms with E-state index in [4.69, 9.17) is 9.47 Å². The molecule has 0 aromatic carbocycles. The predicted molar refractivity (Wildman–Crippen MR) is 261 cm³/mol. The summed E-state index contributed by atoms with van der Waals surface area (Å²) in [7, 11) is 0. The lowest BCUT2D eigenvalue weighted by atomic mass is 10.0. The number of carbonyl (C=O) groups excluding carboxylic acids is 2. The van der Waals surface area contributed by atoms with E-state index < -0.39 is 6.10 Å². The van der Waals surface area contributed by atoms with Gasteiger partial charge in [0.2, 0.25) is 0 Å². The molecule has 0 heterocycles. The van der Waals surface area contributed by atoms with Crippen molar-refractivity contribution in [1.82, 2.24) is 0 Å². The topological polar surface area (TPSA) is 72.8 Å². The number of unbranched alkanes of at least 4 members (excludes halogenated alkanes) is 32. The molecule has 0 spiro atoms. The monoisotopic (exact) mass is 841 g/mol. The summed E-state index contributed by atoms with van der Waals surface area (Å²) in [5.74, 6) is -0.682. The first-order valence-electron chi connectivity index (χ1n) is 26.2. The van der Waals surface area contributed by atoms with Crippen molar-refractivity contribution in [3.8, 4) is 0 Å². The van der Waals surface area contributed by atoms with E-state index in [-0.39, 0.29) is 31.6 Å². The quantitative estimate of drug-likeness (QED) is 0.0375. The molecular formula is C55H100O5. The van der Waals surface area contributed by atoms with Crippen LogP contribution in [0.2, 0.25) is 0 Å². The Morgan fingerprint density at radius 1 is 0.367 bits per heavy atom. The molecule has 0 aliphatic heterocycles. The van der Waals surface area contributed by atoms with Crippen molar-refractivity contribution < 1.29 is 24.2 Å². The summed E-state index contributed by atoms with van der Waals surface area (Å²) in [6.45, 7) is 4.11. The van der Waals surface area contributed by atoms with Gasteiger partial charge in [-0.05, 0) is 77.0 Å². The Labute approximate surface area is 373 Å². The highest BCUT2D eigenvalue weighted by molar-refractivity contribution is 5.70. The molecule has 0 aromatic rings. The van der Waals surface area contributed by atoms with Crippen molar-refractivity contribution in [2.75, 3.05) is 13.2 Å². The SMILES string of the molecule is CCCCCCCCCCCCCCCC/C=C/CC/C=C/CCCC(=O)OC[C@H](CO)OC(=O)CCC/C=C/CC/C=C/CCCCCCCCCCCCCCCC. The van der Waals surface area contributed by atoms with Crippen LogP contribution in [0.4, 0.5) is 0 Å². The molecular weight excluding hydrogens is 741 g/mol. The van der Waals surface area contributed by atoms with Gasteiger partial charge in [-0.25, -0.2) is 0 Å². The first-order chi connectivity index (χ1) is 29.6. The molecule has 0 amide bonds. The Morgan fingerprint density at radius 3 is 0.950 bits per heavy atom. The number of rotatable bonds is 48. The minimum absolute atomic E-state index is 0.102. The molecule has 0 aromatic heterocycles. The lowest BCUT2D eigenvalue weighted by Crippen LogP contribution is -2.28. The third-order valence-electron chi connectivity index (χ3n) is 11.6. The van der Waals surface area contributed by atoms with E-state index in [1.165, 1.54) is 193 Å². The van der Waals surface area contributed by atoms with Gasteiger partial charge in [-0.3, -0.25) is 9.59 Å². The normalized spacial score (nSPS) is 12.5. The first-order valence-corrected chi connectivity index (χ1v) is 26.2. The second kappa shape index (κ2) is 51.2. The Kier molecular flexibility index (Phi) is 49.4. The third-order valence-corrected chi connectivity index (χ3v) is 11.6. The summed E-state index contributed by atoms with van der Waals surface area (Å²) >= 11 is 0. The predicted octanol–water partition coefficient (Wildman–Crippen LogP) is 17.3. The molecule has 0 bridgehead atoms. The van der Waals surface area contributed by atoms with E-state index in [2.05, 4.69) is 62.5 Å². The number of carbonyl (C=O) groups is 2.